The molecule has 0 radical (unpaired) electrons. The Balaban J connectivity index is 2.03. The van der Waals surface area contributed by atoms with Crippen molar-refractivity contribution in [3.8, 4) is 0 Å². The molecule has 0 aliphatic rings. The molecule has 10 heteroatoms. The number of likely N-dealkylation sites (N-methyl/N-ethyl adjacent to an activating group) is 1. The molecule has 1 N–H and O–H groups in total. The zero-order valence-electron chi connectivity index (χ0n) is 14.8. The van der Waals surface area contributed by atoms with Crippen molar-refractivity contribution >= 4 is 21.4 Å². The Morgan fingerprint density at radius 1 is 1.07 bits per heavy atom. The van der Waals surface area contributed by atoms with Gasteiger partial charge in [0.2, 0.25) is 15.7 Å². The molecule has 5 nitrogen and oxygen atoms in total. The number of carbonyl (C=O) groups excluding carboxylic acids is 1. The van der Waals surface area contributed by atoms with Gasteiger partial charge in [-0.15, -0.1) is 0 Å². The molecule has 2 aromatic rings. The Morgan fingerprint density at radius 3 is 2.14 bits per heavy atom. The summed E-state index contributed by atoms with van der Waals surface area (Å²) in [5, 5.41) is 2.18. The van der Waals surface area contributed by atoms with Gasteiger partial charge in [-0.2, -0.15) is 8.78 Å². The fraction of sp³-hybridized carbons (Fsp3) is 0.278. The first-order valence-electron chi connectivity index (χ1n) is 8.22. The molecule has 0 aromatic heterocycles. The number of sulfone groups is 1. The molecule has 0 aliphatic heterocycles. The lowest BCUT2D eigenvalue weighted by Crippen LogP contribution is -2.33. The van der Waals surface area contributed by atoms with Gasteiger partial charge in [0.25, 0.3) is 0 Å². The summed E-state index contributed by atoms with van der Waals surface area (Å²) >= 11 is 0. The van der Waals surface area contributed by atoms with Crippen molar-refractivity contribution in [3.63, 3.8) is 0 Å². The Bertz CT molecular complexity index is 914. The molecule has 0 fully saturated rings. The molecule has 0 saturated carbocycles. The molecule has 0 atom stereocenters. The van der Waals surface area contributed by atoms with E-state index in [1.54, 1.807) is 11.8 Å². The maximum atomic E-state index is 13.6. The SMILES string of the molecule is CCN(CC(=O)Nc1c(F)cccc1F)Cc1ccc(S(=O)(=O)C(F)F)cc1. The lowest BCUT2D eigenvalue weighted by Gasteiger charge is -2.20. The van der Waals surface area contributed by atoms with Gasteiger partial charge in [0.05, 0.1) is 11.4 Å². The Hall–Kier alpha value is -2.46. The van der Waals surface area contributed by atoms with E-state index < -0.39 is 43.7 Å². The van der Waals surface area contributed by atoms with Crippen LogP contribution in [0.25, 0.3) is 0 Å². The van der Waals surface area contributed by atoms with Gasteiger partial charge < -0.3 is 5.32 Å². The van der Waals surface area contributed by atoms with Crippen LogP contribution in [0.2, 0.25) is 0 Å². The Labute approximate surface area is 159 Å². The number of para-hydroxylation sites is 1. The third-order valence-corrected chi connectivity index (χ3v) is 5.33. The minimum absolute atomic E-state index is 0.179. The summed E-state index contributed by atoms with van der Waals surface area (Å²) in [5.74, 6) is -5.94. The zero-order valence-corrected chi connectivity index (χ0v) is 15.6. The van der Waals surface area contributed by atoms with E-state index >= 15 is 0 Å². The van der Waals surface area contributed by atoms with Crippen LogP contribution in [0.1, 0.15) is 12.5 Å². The summed E-state index contributed by atoms with van der Waals surface area (Å²) in [7, 11) is -4.67. The highest BCUT2D eigenvalue weighted by Gasteiger charge is 2.26. The standard InChI is InChI=1S/C18H18F4N2O3S/c1-2-24(11-16(25)23-17-14(19)4-3-5-15(17)20)10-12-6-8-13(9-7-12)28(26,27)18(21)22/h3-9,18H,2,10-11H2,1H3,(H,23,25). The van der Waals surface area contributed by atoms with Crippen LogP contribution < -0.4 is 5.32 Å². The van der Waals surface area contributed by atoms with Crippen LogP contribution >= 0.6 is 0 Å². The molecule has 2 aromatic carbocycles. The first kappa shape index (κ1) is 21.8. The molecule has 2 rings (SSSR count). The molecule has 28 heavy (non-hydrogen) atoms. The van der Waals surface area contributed by atoms with Crippen molar-refractivity contribution in [3.05, 3.63) is 59.7 Å². The highest BCUT2D eigenvalue weighted by Crippen LogP contribution is 2.20. The number of alkyl halides is 2. The smallest absolute Gasteiger partial charge is 0.320 e. The second kappa shape index (κ2) is 9.16. The molecule has 152 valence electrons. The van der Waals surface area contributed by atoms with Crippen molar-refractivity contribution in [1.82, 2.24) is 4.90 Å². The highest BCUT2D eigenvalue weighted by atomic mass is 32.2. The summed E-state index contributed by atoms with van der Waals surface area (Å²) in [4.78, 5) is 13.2. The summed E-state index contributed by atoms with van der Waals surface area (Å²) in [6, 6.07) is 8.09. The second-order valence-electron chi connectivity index (χ2n) is 5.90. The molecule has 0 saturated heterocycles. The number of nitrogens with zero attached hydrogens (tertiary/aromatic N) is 1. The van der Waals surface area contributed by atoms with Gasteiger partial charge in [0.1, 0.15) is 17.3 Å². The lowest BCUT2D eigenvalue weighted by molar-refractivity contribution is -0.117. The molecule has 0 aliphatic carbocycles. The monoisotopic (exact) mass is 418 g/mol. The maximum absolute atomic E-state index is 13.6. The van der Waals surface area contributed by atoms with E-state index in [2.05, 4.69) is 5.32 Å². The first-order chi connectivity index (χ1) is 13.1. The van der Waals surface area contributed by atoms with Gasteiger partial charge in [-0.3, -0.25) is 9.69 Å². The van der Waals surface area contributed by atoms with E-state index in [1.165, 1.54) is 18.2 Å². The molecular formula is C18H18F4N2O3S. The number of amides is 1. The molecule has 0 unspecified atom stereocenters. The van der Waals surface area contributed by atoms with Crippen molar-refractivity contribution in [2.24, 2.45) is 0 Å². The van der Waals surface area contributed by atoms with Gasteiger partial charge in [-0.25, -0.2) is 17.2 Å². The van der Waals surface area contributed by atoms with Crippen LogP contribution in [0.3, 0.4) is 0 Å². The second-order valence-corrected chi connectivity index (χ2v) is 7.82. The predicted octanol–water partition coefficient (Wildman–Crippen LogP) is 3.42. The van der Waals surface area contributed by atoms with Crippen molar-refractivity contribution < 1.29 is 30.8 Å². The van der Waals surface area contributed by atoms with Crippen LogP contribution in [-0.4, -0.2) is 38.1 Å². The molecular weight excluding hydrogens is 400 g/mol. The molecule has 1 amide bonds. The minimum atomic E-state index is -4.67. The number of rotatable bonds is 8. The summed E-state index contributed by atoms with van der Waals surface area (Å²) < 4.78 is 75.1. The van der Waals surface area contributed by atoms with Gasteiger partial charge in [0.15, 0.2) is 0 Å². The number of halogens is 4. The lowest BCUT2D eigenvalue weighted by atomic mass is 10.2. The van der Waals surface area contributed by atoms with Gasteiger partial charge in [0, 0.05) is 6.54 Å². The normalized spacial score (nSPS) is 11.8. The molecule has 0 heterocycles. The average Bonchev–Trinajstić information content (AvgIpc) is 2.64. The number of carbonyl (C=O) groups is 1. The topological polar surface area (TPSA) is 66.5 Å². The van der Waals surface area contributed by atoms with Crippen molar-refractivity contribution in [2.45, 2.75) is 24.1 Å². The Kier molecular flexibility index (Phi) is 7.14. The zero-order chi connectivity index (χ0) is 20.9. The maximum Gasteiger partial charge on any atom is 0.341 e. The molecule has 0 bridgehead atoms. The fourth-order valence-electron chi connectivity index (χ4n) is 2.42. The largest absolute Gasteiger partial charge is 0.341 e. The van der Waals surface area contributed by atoms with Crippen LogP contribution in [0.5, 0.6) is 0 Å². The highest BCUT2D eigenvalue weighted by molar-refractivity contribution is 7.91. The van der Waals surface area contributed by atoms with Crippen LogP contribution in [-0.2, 0) is 21.2 Å². The van der Waals surface area contributed by atoms with Crippen LogP contribution in [0.4, 0.5) is 23.2 Å². The quantitative estimate of drug-likeness (QED) is 0.668. The minimum Gasteiger partial charge on any atom is -0.320 e. The summed E-state index contributed by atoms with van der Waals surface area (Å²) in [6.07, 6.45) is 0. The van der Waals surface area contributed by atoms with E-state index in [4.69, 9.17) is 0 Å². The van der Waals surface area contributed by atoms with Crippen LogP contribution in [0.15, 0.2) is 47.4 Å². The Morgan fingerprint density at radius 2 is 1.64 bits per heavy atom. The summed E-state index contributed by atoms with van der Waals surface area (Å²) in [6.45, 7) is 2.19. The van der Waals surface area contributed by atoms with E-state index in [0.29, 0.717) is 12.1 Å². The third kappa shape index (κ3) is 5.29. The average molecular weight is 418 g/mol. The third-order valence-electron chi connectivity index (χ3n) is 3.93. The predicted molar refractivity (Wildman–Crippen MR) is 95.6 cm³/mol. The number of anilines is 1. The van der Waals surface area contributed by atoms with E-state index in [0.717, 1.165) is 24.3 Å². The number of hydrogen-bond acceptors (Lipinski definition) is 4. The number of hydrogen-bond donors (Lipinski definition) is 1. The number of nitrogens with one attached hydrogen (secondary N) is 1. The fourth-order valence-corrected chi connectivity index (χ4v) is 3.15. The van der Waals surface area contributed by atoms with Crippen LogP contribution in [0, 0.1) is 11.6 Å². The van der Waals surface area contributed by atoms with Crippen molar-refractivity contribution in [2.75, 3.05) is 18.4 Å². The van der Waals surface area contributed by atoms with E-state index in [1.807, 2.05) is 0 Å². The van der Waals surface area contributed by atoms with E-state index in [9.17, 15) is 30.8 Å². The summed E-state index contributed by atoms with van der Waals surface area (Å²) in [5.41, 5.74) is 0.0463. The van der Waals surface area contributed by atoms with E-state index in [-0.39, 0.29) is 13.1 Å². The molecule has 0 spiro atoms. The first-order valence-corrected chi connectivity index (χ1v) is 9.77. The van der Waals surface area contributed by atoms with Gasteiger partial charge in [-0.1, -0.05) is 25.1 Å². The van der Waals surface area contributed by atoms with Gasteiger partial charge >= 0.3 is 5.76 Å². The number of benzene rings is 2. The van der Waals surface area contributed by atoms with Crippen molar-refractivity contribution in [1.29, 1.82) is 0 Å². The van der Waals surface area contributed by atoms with Gasteiger partial charge in [-0.05, 0) is 36.4 Å².